The zero-order valence-corrected chi connectivity index (χ0v) is 8.16. The first-order chi connectivity index (χ1) is 7.19. The Labute approximate surface area is 85.1 Å². The van der Waals surface area contributed by atoms with Crippen molar-refractivity contribution in [2.24, 2.45) is 0 Å². The first-order valence-corrected chi connectivity index (χ1v) is 4.47. The Morgan fingerprint density at radius 3 is 2.80 bits per heavy atom. The molecule has 2 N–H and O–H groups in total. The number of carbonyl (C=O) groups excluding carboxylic acids is 1. The van der Waals surface area contributed by atoms with Crippen LogP contribution in [0.25, 0.3) is 11.0 Å². The van der Waals surface area contributed by atoms with E-state index in [2.05, 4.69) is 14.7 Å². The van der Waals surface area contributed by atoms with Gasteiger partial charge >= 0.3 is 11.7 Å². The van der Waals surface area contributed by atoms with E-state index in [1.54, 1.807) is 18.2 Å². The standard InChI is InChI=1S/C10H10N2O3/c1-15-9(13)5-6-2-3-7-8(4-6)12-10(14)11-7/h2-4H,5H2,1H3,(H2,11,12,14). The van der Waals surface area contributed by atoms with Crippen LogP contribution >= 0.6 is 0 Å². The third kappa shape index (κ3) is 1.90. The van der Waals surface area contributed by atoms with E-state index in [9.17, 15) is 9.59 Å². The number of benzene rings is 1. The van der Waals surface area contributed by atoms with Gasteiger partial charge in [0.05, 0.1) is 24.6 Å². The van der Waals surface area contributed by atoms with Gasteiger partial charge in [-0.15, -0.1) is 0 Å². The highest BCUT2D eigenvalue weighted by molar-refractivity contribution is 5.78. The molecule has 0 radical (unpaired) electrons. The summed E-state index contributed by atoms with van der Waals surface area (Å²) in [5, 5.41) is 0. The summed E-state index contributed by atoms with van der Waals surface area (Å²) in [4.78, 5) is 27.2. The lowest BCUT2D eigenvalue weighted by molar-refractivity contribution is -0.139. The van der Waals surface area contributed by atoms with Crippen molar-refractivity contribution in [3.8, 4) is 0 Å². The van der Waals surface area contributed by atoms with Crippen LogP contribution in [0.2, 0.25) is 0 Å². The molecule has 5 nitrogen and oxygen atoms in total. The van der Waals surface area contributed by atoms with Gasteiger partial charge in [-0.1, -0.05) is 6.07 Å². The van der Waals surface area contributed by atoms with Gasteiger partial charge in [0.15, 0.2) is 0 Å². The summed E-state index contributed by atoms with van der Waals surface area (Å²) in [6.45, 7) is 0. The Balaban J connectivity index is 2.38. The van der Waals surface area contributed by atoms with Gasteiger partial charge in [0.2, 0.25) is 0 Å². The van der Waals surface area contributed by atoms with Crippen molar-refractivity contribution in [2.75, 3.05) is 7.11 Å². The van der Waals surface area contributed by atoms with Gasteiger partial charge in [0.1, 0.15) is 0 Å². The molecule has 0 spiro atoms. The molecule has 0 unspecified atom stereocenters. The molecule has 2 rings (SSSR count). The highest BCUT2D eigenvalue weighted by Crippen LogP contribution is 2.10. The zero-order valence-electron chi connectivity index (χ0n) is 8.16. The number of aromatic amines is 2. The van der Waals surface area contributed by atoms with Gasteiger partial charge in [-0.25, -0.2) is 4.79 Å². The molecule has 1 heterocycles. The number of ether oxygens (including phenoxy) is 1. The zero-order chi connectivity index (χ0) is 10.8. The minimum atomic E-state index is -0.299. The second-order valence-electron chi connectivity index (χ2n) is 3.21. The highest BCUT2D eigenvalue weighted by atomic mass is 16.5. The van der Waals surface area contributed by atoms with E-state index in [1.165, 1.54) is 7.11 Å². The molecule has 0 aliphatic rings. The number of nitrogens with one attached hydrogen (secondary N) is 2. The Morgan fingerprint density at radius 1 is 1.33 bits per heavy atom. The van der Waals surface area contributed by atoms with Crippen LogP contribution in [-0.4, -0.2) is 23.0 Å². The van der Waals surface area contributed by atoms with E-state index in [1.807, 2.05) is 0 Å². The fourth-order valence-electron chi connectivity index (χ4n) is 1.43. The number of hydrogen-bond acceptors (Lipinski definition) is 3. The molecule has 0 amide bonds. The summed E-state index contributed by atoms with van der Waals surface area (Å²) < 4.78 is 4.55. The van der Waals surface area contributed by atoms with Gasteiger partial charge in [-0.2, -0.15) is 0 Å². The maximum absolute atomic E-state index is 11.0. The molecule has 0 aliphatic carbocycles. The molecule has 1 aromatic heterocycles. The van der Waals surface area contributed by atoms with Crippen molar-refractivity contribution in [2.45, 2.75) is 6.42 Å². The van der Waals surface area contributed by atoms with Crippen molar-refractivity contribution in [3.63, 3.8) is 0 Å². The molecule has 2 aromatic rings. The summed E-state index contributed by atoms with van der Waals surface area (Å²) in [5.74, 6) is -0.299. The Bertz CT molecular complexity index is 553. The molecule has 0 fully saturated rings. The van der Waals surface area contributed by atoms with E-state index >= 15 is 0 Å². The molecule has 0 saturated carbocycles. The first kappa shape index (κ1) is 9.51. The third-order valence-electron chi connectivity index (χ3n) is 2.16. The molecule has 0 atom stereocenters. The molecule has 15 heavy (non-hydrogen) atoms. The summed E-state index contributed by atoms with van der Waals surface area (Å²) in [6.07, 6.45) is 0.208. The number of imidazole rings is 1. The van der Waals surface area contributed by atoms with E-state index in [0.717, 1.165) is 11.1 Å². The van der Waals surface area contributed by atoms with E-state index in [0.29, 0.717) is 5.52 Å². The Morgan fingerprint density at radius 2 is 2.07 bits per heavy atom. The lowest BCUT2D eigenvalue weighted by atomic mass is 10.1. The predicted octanol–water partition coefficient (Wildman–Crippen LogP) is 0.572. The van der Waals surface area contributed by atoms with Crippen LogP contribution in [0.5, 0.6) is 0 Å². The number of aromatic nitrogens is 2. The van der Waals surface area contributed by atoms with Crippen LogP contribution in [0.15, 0.2) is 23.0 Å². The smallest absolute Gasteiger partial charge is 0.323 e. The molecule has 0 bridgehead atoms. The quantitative estimate of drug-likeness (QED) is 0.705. The van der Waals surface area contributed by atoms with Crippen molar-refractivity contribution in [1.29, 1.82) is 0 Å². The minimum Gasteiger partial charge on any atom is -0.469 e. The number of hydrogen-bond donors (Lipinski definition) is 2. The van der Waals surface area contributed by atoms with Crippen molar-refractivity contribution < 1.29 is 9.53 Å². The number of fused-ring (bicyclic) bond motifs is 1. The number of carbonyl (C=O) groups is 1. The van der Waals surface area contributed by atoms with Gasteiger partial charge in [0, 0.05) is 0 Å². The van der Waals surface area contributed by atoms with Crippen LogP contribution in [0, 0.1) is 0 Å². The van der Waals surface area contributed by atoms with Gasteiger partial charge in [0.25, 0.3) is 0 Å². The number of H-pyrrole nitrogens is 2. The average Bonchev–Trinajstić information content (AvgIpc) is 2.57. The number of rotatable bonds is 2. The molecule has 78 valence electrons. The predicted molar refractivity (Wildman–Crippen MR) is 54.6 cm³/mol. The summed E-state index contributed by atoms with van der Waals surface area (Å²) in [7, 11) is 1.35. The molecule has 5 heteroatoms. The fraction of sp³-hybridized carbons (Fsp3) is 0.200. The van der Waals surface area contributed by atoms with Crippen LogP contribution in [-0.2, 0) is 16.0 Å². The largest absolute Gasteiger partial charge is 0.469 e. The second-order valence-corrected chi connectivity index (χ2v) is 3.21. The summed E-state index contributed by atoms with van der Waals surface area (Å²) >= 11 is 0. The van der Waals surface area contributed by atoms with E-state index < -0.39 is 0 Å². The monoisotopic (exact) mass is 206 g/mol. The van der Waals surface area contributed by atoms with Crippen LogP contribution < -0.4 is 5.69 Å². The maximum Gasteiger partial charge on any atom is 0.323 e. The minimum absolute atomic E-state index is 0.208. The lowest BCUT2D eigenvalue weighted by Crippen LogP contribution is -2.04. The van der Waals surface area contributed by atoms with Crippen LogP contribution in [0.1, 0.15) is 5.56 Å². The Kier molecular flexibility index (Phi) is 2.29. The van der Waals surface area contributed by atoms with E-state index in [-0.39, 0.29) is 18.1 Å². The summed E-state index contributed by atoms with van der Waals surface area (Å²) in [6, 6.07) is 5.29. The average molecular weight is 206 g/mol. The lowest BCUT2D eigenvalue weighted by Gasteiger charge is -1.99. The highest BCUT2D eigenvalue weighted by Gasteiger charge is 2.04. The molecule has 0 aliphatic heterocycles. The Hall–Kier alpha value is -2.04. The second kappa shape index (κ2) is 3.61. The fourth-order valence-corrected chi connectivity index (χ4v) is 1.43. The first-order valence-electron chi connectivity index (χ1n) is 4.47. The van der Waals surface area contributed by atoms with Gasteiger partial charge < -0.3 is 14.7 Å². The van der Waals surface area contributed by atoms with Crippen molar-refractivity contribution in [1.82, 2.24) is 9.97 Å². The van der Waals surface area contributed by atoms with E-state index in [4.69, 9.17) is 0 Å². The van der Waals surface area contributed by atoms with Crippen LogP contribution in [0.3, 0.4) is 0 Å². The number of esters is 1. The normalized spacial score (nSPS) is 10.5. The number of methoxy groups -OCH3 is 1. The molecular weight excluding hydrogens is 196 g/mol. The van der Waals surface area contributed by atoms with Crippen molar-refractivity contribution in [3.05, 3.63) is 34.2 Å². The SMILES string of the molecule is COC(=O)Cc1ccc2[nH]c(=O)[nH]c2c1. The molecule has 1 aromatic carbocycles. The maximum atomic E-state index is 11.0. The van der Waals surface area contributed by atoms with Gasteiger partial charge in [-0.05, 0) is 17.7 Å². The van der Waals surface area contributed by atoms with Crippen LogP contribution in [0.4, 0.5) is 0 Å². The summed E-state index contributed by atoms with van der Waals surface area (Å²) in [5.41, 5.74) is 1.99. The van der Waals surface area contributed by atoms with Gasteiger partial charge in [-0.3, -0.25) is 4.79 Å². The van der Waals surface area contributed by atoms with Crippen molar-refractivity contribution >= 4 is 17.0 Å². The molecule has 0 saturated heterocycles. The third-order valence-corrected chi connectivity index (χ3v) is 2.16. The topological polar surface area (TPSA) is 75.0 Å². The molecular formula is C10H10N2O3.